The highest BCUT2D eigenvalue weighted by atomic mass is 32.2. The first-order chi connectivity index (χ1) is 9.04. The van der Waals surface area contributed by atoms with Crippen molar-refractivity contribution in [2.75, 3.05) is 5.75 Å². The van der Waals surface area contributed by atoms with Gasteiger partial charge in [-0.05, 0) is 24.3 Å². The van der Waals surface area contributed by atoms with Gasteiger partial charge in [0.25, 0.3) is 0 Å². The van der Waals surface area contributed by atoms with Crippen LogP contribution in [-0.4, -0.2) is 28.3 Å². The van der Waals surface area contributed by atoms with Crippen molar-refractivity contribution in [1.82, 2.24) is 5.32 Å². The Labute approximate surface area is 121 Å². The van der Waals surface area contributed by atoms with Gasteiger partial charge in [-0.15, -0.1) is 23.1 Å². The summed E-state index contributed by atoms with van der Waals surface area (Å²) < 4.78 is 0. The van der Waals surface area contributed by atoms with Crippen LogP contribution in [0.4, 0.5) is 0 Å². The number of rotatable bonds is 8. The molecule has 1 aromatic rings. The molecule has 4 nitrogen and oxygen atoms in total. The molecule has 0 aliphatic rings. The van der Waals surface area contributed by atoms with E-state index in [1.165, 1.54) is 16.6 Å². The Morgan fingerprint density at radius 2 is 2.11 bits per heavy atom. The van der Waals surface area contributed by atoms with E-state index >= 15 is 0 Å². The largest absolute Gasteiger partial charge is 0.480 e. The van der Waals surface area contributed by atoms with Crippen molar-refractivity contribution >= 4 is 35.0 Å². The Hall–Kier alpha value is -1.01. The van der Waals surface area contributed by atoms with E-state index in [2.05, 4.69) is 5.32 Å². The van der Waals surface area contributed by atoms with Gasteiger partial charge in [0.05, 0.1) is 5.75 Å². The molecule has 0 saturated heterocycles. The number of carboxylic acid groups (broad SMARTS) is 1. The Morgan fingerprint density at radius 1 is 1.42 bits per heavy atom. The van der Waals surface area contributed by atoms with Crippen molar-refractivity contribution in [1.29, 1.82) is 0 Å². The smallest absolute Gasteiger partial charge is 0.329 e. The highest BCUT2D eigenvalue weighted by Gasteiger charge is 2.36. The lowest BCUT2D eigenvalue weighted by Crippen LogP contribution is -2.54. The lowest BCUT2D eigenvalue weighted by molar-refractivity contribution is -0.147. The molecule has 6 heteroatoms. The SMILES string of the molecule is CCC(CC)(NC(=O)CSCc1cccs1)C(=O)O. The molecule has 1 amide bonds. The third-order valence-corrected chi connectivity index (χ3v) is 5.09. The summed E-state index contributed by atoms with van der Waals surface area (Å²) in [6, 6.07) is 4.00. The molecule has 0 unspecified atom stereocenters. The monoisotopic (exact) mass is 301 g/mol. The normalized spacial score (nSPS) is 11.3. The maximum atomic E-state index is 11.8. The van der Waals surface area contributed by atoms with Crippen LogP contribution in [0.1, 0.15) is 31.6 Å². The van der Waals surface area contributed by atoms with E-state index in [9.17, 15) is 14.7 Å². The van der Waals surface area contributed by atoms with Crippen LogP contribution in [0.2, 0.25) is 0 Å². The number of thioether (sulfide) groups is 1. The van der Waals surface area contributed by atoms with Crippen LogP contribution in [0.25, 0.3) is 0 Å². The van der Waals surface area contributed by atoms with E-state index in [4.69, 9.17) is 0 Å². The predicted molar refractivity (Wildman–Crippen MR) is 79.6 cm³/mol. The lowest BCUT2D eigenvalue weighted by atomic mass is 9.93. The minimum atomic E-state index is -1.12. The van der Waals surface area contributed by atoms with Crippen molar-refractivity contribution in [2.24, 2.45) is 0 Å². The number of hydrogen-bond donors (Lipinski definition) is 2. The first-order valence-electron chi connectivity index (χ1n) is 6.18. The summed E-state index contributed by atoms with van der Waals surface area (Å²) in [5.74, 6) is -0.113. The number of aliphatic carboxylic acids is 1. The van der Waals surface area contributed by atoms with Crippen LogP contribution in [0.3, 0.4) is 0 Å². The van der Waals surface area contributed by atoms with E-state index in [1.807, 2.05) is 17.5 Å². The molecule has 0 atom stereocenters. The summed E-state index contributed by atoms with van der Waals surface area (Å²) in [5.41, 5.74) is -1.12. The number of carboxylic acids is 1. The minimum absolute atomic E-state index is 0.215. The third-order valence-electron chi connectivity index (χ3n) is 3.05. The average Bonchev–Trinajstić information content (AvgIpc) is 2.89. The second kappa shape index (κ2) is 7.55. The van der Waals surface area contributed by atoms with Gasteiger partial charge in [-0.3, -0.25) is 4.79 Å². The van der Waals surface area contributed by atoms with Crippen molar-refractivity contribution in [3.05, 3.63) is 22.4 Å². The zero-order valence-corrected chi connectivity index (χ0v) is 12.8. The van der Waals surface area contributed by atoms with Gasteiger partial charge < -0.3 is 10.4 Å². The van der Waals surface area contributed by atoms with Gasteiger partial charge in [-0.1, -0.05) is 19.9 Å². The molecule has 1 heterocycles. The summed E-state index contributed by atoms with van der Waals surface area (Å²) >= 11 is 3.15. The summed E-state index contributed by atoms with van der Waals surface area (Å²) in [6.07, 6.45) is 0.778. The second-order valence-electron chi connectivity index (χ2n) is 4.21. The number of thiophene rings is 1. The summed E-state index contributed by atoms with van der Waals surface area (Å²) in [5, 5.41) is 13.9. The average molecular weight is 301 g/mol. The van der Waals surface area contributed by atoms with Crippen molar-refractivity contribution in [3.8, 4) is 0 Å². The van der Waals surface area contributed by atoms with E-state index in [-0.39, 0.29) is 11.7 Å². The highest BCUT2D eigenvalue weighted by Crippen LogP contribution is 2.19. The first-order valence-corrected chi connectivity index (χ1v) is 8.22. The summed E-state index contributed by atoms with van der Waals surface area (Å²) in [6.45, 7) is 3.55. The van der Waals surface area contributed by atoms with E-state index < -0.39 is 11.5 Å². The van der Waals surface area contributed by atoms with Crippen molar-refractivity contribution < 1.29 is 14.7 Å². The first kappa shape index (κ1) is 16.0. The molecule has 0 saturated carbocycles. The topological polar surface area (TPSA) is 66.4 Å². The Balaban J connectivity index is 2.43. The molecule has 0 radical (unpaired) electrons. The molecular formula is C13H19NO3S2. The molecular weight excluding hydrogens is 282 g/mol. The summed E-state index contributed by atoms with van der Waals surface area (Å²) in [4.78, 5) is 24.3. The van der Waals surface area contributed by atoms with Gasteiger partial charge in [0.15, 0.2) is 0 Å². The molecule has 0 aliphatic carbocycles. The number of carbonyl (C=O) groups is 2. The number of nitrogens with one attached hydrogen (secondary N) is 1. The number of amides is 1. The molecule has 0 spiro atoms. The van der Waals surface area contributed by atoms with E-state index in [1.54, 1.807) is 25.2 Å². The molecule has 106 valence electrons. The second-order valence-corrected chi connectivity index (χ2v) is 6.23. The van der Waals surface area contributed by atoms with Crippen molar-refractivity contribution in [2.45, 2.75) is 38.0 Å². The van der Waals surface area contributed by atoms with Crippen LogP contribution in [0.15, 0.2) is 17.5 Å². The lowest BCUT2D eigenvalue weighted by Gasteiger charge is -2.27. The fraction of sp³-hybridized carbons (Fsp3) is 0.538. The fourth-order valence-corrected chi connectivity index (χ4v) is 3.39. The molecule has 0 fully saturated rings. The molecule has 19 heavy (non-hydrogen) atoms. The quantitative estimate of drug-likeness (QED) is 0.775. The van der Waals surface area contributed by atoms with Gasteiger partial charge >= 0.3 is 5.97 Å². The van der Waals surface area contributed by atoms with Crippen LogP contribution >= 0.6 is 23.1 Å². The molecule has 2 N–H and O–H groups in total. The van der Waals surface area contributed by atoms with Crippen LogP contribution in [0, 0.1) is 0 Å². The predicted octanol–water partition coefficient (Wildman–Crippen LogP) is 2.74. The number of hydrogen-bond acceptors (Lipinski definition) is 4. The summed E-state index contributed by atoms with van der Waals surface area (Å²) in [7, 11) is 0. The number of carbonyl (C=O) groups excluding carboxylic acids is 1. The van der Waals surface area contributed by atoms with Gasteiger partial charge in [0.2, 0.25) is 5.91 Å². The molecule has 0 aromatic carbocycles. The maximum Gasteiger partial charge on any atom is 0.329 e. The van der Waals surface area contributed by atoms with Gasteiger partial charge in [-0.2, -0.15) is 0 Å². The molecule has 1 rings (SSSR count). The Morgan fingerprint density at radius 3 is 2.58 bits per heavy atom. The van der Waals surface area contributed by atoms with Crippen LogP contribution in [-0.2, 0) is 15.3 Å². The fourth-order valence-electron chi connectivity index (χ4n) is 1.72. The third kappa shape index (κ3) is 4.54. The van der Waals surface area contributed by atoms with Gasteiger partial charge in [-0.25, -0.2) is 4.79 Å². The molecule has 0 aliphatic heterocycles. The standard InChI is InChI=1S/C13H19NO3S2/c1-3-13(4-2,12(16)17)14-11(15)9-18-8-10-6-5-7-19-10/h5-7H,3-4,8-9H2,1-2H3,(H,14,15)(H,16,17). The zero-order valence-electron chi connectivity index (χ0n) is 11.1. The molecule has 1 aromatic heterocycles. The van der Waals surface area contributed by atoms with Crippen molar-refractivity contribution in [3.63, 3.8) is 0 Å². The minimum Gasteiger partial charge on any atom is -0.480 e. The highest BCUT2D eigenvalue weighted by molar-refractivity contribution is 7.99. The van der Waals surface area contributed by atoms with Gasteiger partial charge in [0, 0.05) is 10.6 Å². The van der Waals surface area contributed by atoms with E-state index in [0.717, 1.165) is 5.75 Å². The molecule has 0 bridgehead atoms. The van der Waals surface area contributed by atoms with E-state index in [0.29, 0.717) is 12.8 Å². The van der Waals surface area contributed by atoms with Gasteiger partial charge in [0.1, 0.15) is 5.54 Å². The Bertz CT molecular complexity index is 414. The van der Waals surface area contributed by atoms with Crippen LogP contribution in [0.5, 0.6) is 0 Å². The Kier molecular flexibility index (Phi) is 6.37. The zero-order chi connectivity index (χ0) is 14.3. The maximum absolute atomic E-state index is 11.8. The van der Waals surface area contributed by atoms with Crippen LogP contribution < -0.4 is 5.32 Å².